The Morgan fingerprint density at radius 2 is 1.76 bits per heavy atom. The van der Waals surface area contributed by atoms with Crippen molar-refractivity contribution in [3.8, 4) is 0 Å². The van der Waals surface area contributed by atoms with Gasteiger partial charge in [-0.1, -0.05) is 35.9 Å². The quantitative estimate of drug-likeness (QED) is 0.560. The number of nitrogens with zero attached hydrogens (tertiary/aromatic N) is 5. The average molecular weight is 391 g/mol. The fourth-order valence-electron chi connectivity index (χ4n) is 3.46. The van der Waals surface area contributed by atoms with E-state index in [-0.39, 0.29) is 12.0 Å². The fraction of sp³-hybridized carbons (Fsp3) is 0.238. The zero-order valence-corrected chi connectivity index (χ0v) is 16.5. The lowest BCUT2D eigenvalue weighted by atomic mass is 10.1. The van der Waals surface area contributed by atoms with Crippen LogP contribution in [0.3, 0.4) is 0 Å². The zero-order valence-electron chi connectivity index (χ0n) is 16.5. The van der Waals surface area contributed by atoms with Crippen LogP contribution in [0.1, 0.15) is 16.7 Å². The zero-order chi connectivity index (χ0) is 20.7. The molecule has 148 valence electrons. The second kappa shape index (κ2) is 7.05. The highest BCUT2D eigenvalue weighted by Crippen LogP contribution is 2.20. The highest BCUT2D eigenvalue weighted by Gasteiger charge is 2.18. The Kier molecular flexibility index (Phi) is 4.54. The number of carbonyl (C=O) groups is 1. The van der Waals surface area contributed by atoms with E-state index >= 15 is 0 Å². The number of hydrogen-bond donors (Lipinski definition) is 1. The van der Waals surface area contributed by atoms with E-state index in [0.29, 0.717) is 29.2 Å². The van der Waals surface area contributed by atoms with Crippen LogP contribution in [0.2, 0.25) is 0 Å². The van der Waals surface area contributed by atoms with Crippen molar-refractivity contribution < 1.29 is 9.90 Å². The summed E-state index contributed by atoms with van der Waals surface area (Å²) in [5.74, 6) is 0.226. The van der Waals surface area contributed by atoms with Crippen LogP contribution in [0.5, 0.6) is 0 Å². The molecule has 0 bridgehead atoms. The number of aryl methyl sites for hydroxylation is 1. The average Bonchev–Trinajstić information content (AvgIpc) is 3.11. The lowest BCUT2D eigenvalue weighted by Crippen LogP contribution is -2.25. The molecule has 0 unspecified atom stereocenters. The molecule has 0 spiro atoms. The van der Waals surface area contributed by atoms with E-state index in [2.05, 4.69) is 10.2 Å². The van der Waals surface area contributed by atoms with Crippen molar-refractivity contribution in [3.05, 3.63) is 69.5 Å². The molecule has 0 atom stereocenters. The molecule has 0 saturated carbocycles. The highest BCUT2D eigenvalue weighted by atomic mass is 16.4. The van der Waals surface area contributed by atoms with Gasteiger partial charge in [0, 0.05) is 14.1 Å². The minimum Gasteiger partial charge on any atom is -0.481 e. The Balaban J connectivity index is 1.90. The smallest absolute Gasteiger partial charge is 0.307 e. The molecule has 0 aliphatic heterocycles. The maximum Gasteiger partial charge on any atom is 0.307 e. The fourth-order valence-corrected chi connectivity index (χ4v) is 3.46. The number of aromatic nitrogens is 4. The first-order valence-electron chi connectivity index (χ1n) is 9.20. The van der Waals surface area contributed by atoms with Crippen LogP contribution in [0.4, 0.5) is 5.95 Å². The van der Waals surface area contributed by atoms with Gasteiger partial charge in [-0.2, -0.15) is 0 Å². The number of carboxylic acid groups (broad SMARTS) is 1. The Morgan fingerprint density at radius 1 is 1.07 bits per heavy atom. The molecule has 2 heterocycles. The number of fused-ring (bicyclic) bond motifs is 3. The second-order valence-corrected chi connectivity index (χ2v) is 7.33. The predicted octanol–water partition coefficient (Wildman–Crippen LogP) is 2.09. The first-order chi connectivity index (χ1) is 13.8. The van der Waals surface area contributed by atoms with Crippen molar-refractivity contribution in [1.82, 2.24) is 19.2 Å². The number of rotatable bonds is 5. The SMILES string of the molecule is Cc1ccc2c(c1)c(=O)n(Cc1ccc(CC(=O)O)cc1)c1nnc(N(C)C)n21. The molecule has 0 radical (unpaired) electrons. The lowest BCUT2D eigenvalue weighted by molar-refractivity contribution is -0.136. The molecule has 0 saturated heterocycles. The molecule has 2 aromatic carbocycles. The number of carboxylic acids is 1. The van der Waals surface area contributed by atoms with E-state index in [0.717, 1.165) is 16.6 Å². The van der Waals surface area contributed by atoms with E-state index in [1.807, 2.05) is 60.7 Å². The van der Waals surface area contributed by atoms with Crippen molar-refractivity contribution in [2.75, 3.05) is 19.0 Å². The predicted molar refractivity (Wildman–Crippen MR) is 111 cm³/mol. The highest BCUT2D eigenvalue weighted by molar-refractivity contribution is 5.82. The molecule has 0 fully saturated rings. The first-order valence-corrected chi connectivity index (χ1v) is 9.20. The van der Waals surface area contributed by atoms with Crippen LogP contribution in [-0.2, 0) is 17.8 Å². The number of aliphatic carboxylic acids is 1. The Hall–Kier alpha value is -3.68. The van der Waals surface area contributed by atoms with Gasteiger partial charge in [-0.05, 0) is 30.2 Å². The third-order valence-corrected chi connectivity index (χ3v) is 4.86. The standard InChI is InChI=1S/C21H21N5O3/c1-13-4-9-17-16(10-13)19(29)25(21-23-22-20(24(2)3)26(17)21)12-15-7-5-14(6-8-15)11-18(27)28/h4-10H,11-12H2,1-3H3,(H,27,28). The molecule has 2 aromatic heterocycles. The molecular formula is C21H21N5O3. The maximum absolute atomic E-state index is 13.3. The summed E-state index contributed by atoms with van der Waals surface area (Å²) >= 11 is 0. The topological polar surface area (TPSA) is 92.7 Å². The van der Waals surface area contributed by atoms with E-state index in [1.165, 1.54) is 0 Å². The molecule has 29 heavy (non-hydrogen) atoms. The Morgan fingerprint density at radius 3 is 2.41 bits per heavy atom. The van der Waals surface area contributed by atoms with Crippen LogP contribution < -0.4 is 10.5 Å². The molecule has 8 nitrogen and oxygen atoms in total. The number of benzene rings is 2. The molecule has 4 aromatic rings. The monoisotopic (exact) mass is 391 g/mol. The van der Waals surface area contributed by atoms with E-state index in [1.54, 1.807) is 16.7 Å². The normalized spacial score (nSPS) is 11.3. The second-order valence-electron chi connectivity index (χ2n) is 7.33. The van der Waals surface area contributed by atoms with Crippen molar-refractivity contribution in [2.24, 2.45) is 0 Å². The molecule has 8 heteroatoms. The van der Waals surface area contributed by atoms with E-state index < -0.39 is 5.97 Å². The first kappa shape index (κ1) is 18.7. The van der Waals surface area contributed by atoms with Crippen LogP contribution >= 0.6 is 0 Å². The van der Waals surface area contributed by atoms with Crippen LogP contribution in [0.25, 0.3) is 16.7 Å². The molecular weight excluding hydrogens is 370 g/mol. The van der Waals surface area contributed by atoms with Gasteiger partial charge in [-0.15, -0.1) is 10.2 Å². The van der Waals surface area contributed by atoms with Crippen molar-refractivity contribution in [2.45, 2.75) is 19.9 Å². The van der Waals surface area contributed by atoms with Gasteiger partial charge in [0.05, 0.1) is 23.9 Å². The third kappa shape index (κ3) is 3.33. The van der Waals surface area contributed by atoms with Gasteiger partial charge >= 0.3 is 5.97 Å². The van der Waals surface area contributed by atoms with Crippen molar-refractivity contribution >= 4 is 28.6 Å². The maximum atomic E-state index is 13.3. The van der Waals surface area contributed by atoms with E-state index in [9.17, 15) is 9.59 Å². The van der Waals surface area contributed by atoms with Crippen molar-refractivity contribution in [3.63, 3.8) is 0 Å². The van der Waals surface area contributed by atoms with Crippen molar-refractivity contribution in [1.29, 1.82) is 0 Å². The number of hydrogen-bond acceptors (Lipinski definition) is 5. The number of anilines is 1. The Labute approximate surface area is 166 Å². The minimum absolute atomic E-state index is 0.0316. The summed E-state index contributed by atoms with van der Waals surface area (Å²) in [6.07, 6.45) is -0.0316. The lowest BCUT2D eigenvalue weighted by Gasteiger charge is -2.14. The molecule has 0 aliphatic carbocycles. The summed E-state index contributed by atoms with van der Waals surface area (Å²) in [7, 11) is 3.76. The van der Waals surface area contributed by atoms with Gasteiger partial charge in [0.25, 0.3) is 5.56 Å². The summed E-state index contributed by atoms with van der Waals surface area (Å²) in [6, 6.07) is 13.0. The molecule has 0 amide bonds. The summed E-state index contributed by atoms with van der Waals surface area (Å²) < 4.78 is 3.49. The van der Waals surface area contributed by atoms with Crippen LogP contribution in [-0.4, -0.2) is 44.3 Å². The molecule has 4 rings (SSSR count). The summed E-state index contributed by atoms with van der Waals surface area (Å²) in [5, 5.41) is 18.1. The summed E-state index contributed by atoms with van der Waals surface area (Å²) in [5.41, 5.74) is 3.22. The van der Waals surface area contributed by atoms with Crippen LogP contribution in [0, 0.1) is 6.92 Å². The van der Waals surface area contributed by atoms with Gasteiger partial charge in [-0.25, -0.2) is 4.40 Å². The Bertz CT molecular complexity index is 1290. The van der Waals surface area contributed by atoms with Gasteiger partial charge in [0.2, 0.25) is 11.7 Å². The van der Waals surface area contributed by atoms with Crippen LogP contribution in [0.15, 0.2) is 47.3 Å². The van der Waals surface area contributed by atoms with Gasteiger partial charge in [0.1, 0.15) is 0 Å². The van der Waals surface area contributed by atoms with Gasteiger partial charge in [-0.3, -0.25) is 14.2 Å². The van der Waals surface area contributed by atoms with Gasteiger partial charge in [0.15, 0.2) is 0 Å². The van der Waals surface area contributed by atoms with E-state index in [4.69, 9.17) is 5.11 Å². The molecule has 1 N–H and O–H groups in total. The van der Waals surface area contributed by atoms with Gasteiger partial charge < -0.3 is 10.0 Å². The third-order valence-electron chi connectivity index (χ3n) is 4.86. The summed E-state index contributed by atoms with van der Waals surface area (Å²) in [4.78, 5) is 26.0. The molecule has 0 aliphatic rings. The summed E-state index contributed by atoms with van der Waals surface area (Å²) in [6.45, 7) is 2.26. The minimum atomic E-state index is -0.875. The largest absolute Gasteiger partial charge is 0.481 e.